The van der Waals surface area contributed by atoms with Crippen LogP contribution in [0.4, 0.5) is 0 Å². The smallest absolute Gasteiger partial charge is 0.304 e. The molecule has 5 nitrogen and oxygen atoms in total. The molecule has 0 aromatic heterocycles. The summed E-state index contributed by atoms with van der Waals surface area (Å²) in [5.41, 5.74) is 1.27. The van der Waals surface area contributed by atoms with Crippen LogP contribution in [0.3, 0.4) is 0 Å². The van der Waals surface area contributed by atoms with Crippen molar-refractivity contribution >= 4 is 24.3 Å². The first-order valence-corrected chi connectivity index (χ1v) is 7.91. The zero-order valence-electron chi connectivity index (χ0n) is 13.3. The summed E-state index contributed by atoms with van der Waals surface area (Å²) in [4.78, 5) is 26.8. The van der Waals surface area contributed by atoms with Crippen LogP contribution in [0.15, 0.2) is 30.3 Å². The Labute approximate surface area is 143 Å². The van der Waals surface area contributed by atoms with Crippen molar-refractivity contribution in [3.05, 3.63) is 35.9 Å². The normalized spacial score (nSPS) is 15.0. The fourth-order valence-electron chi connectivity index (χ4n) is 2.72. The summed E-state index contributed by atoms with van der Waals surface area (Å²) in [7, 11) is 0. The third-order valence-corrected chi connectivity index (χ3v) is 4.07. The second-order valence-corrected chi connectivity index (χ2v) is 5.71. The number of carboxylic acid groups (broad SMARTS) is 1. The number of piperazine rings is 1. The van der Waals surface area contributed by atoms with Crippen LogP contribution in [0.2, 0.25) is 0 Å². The van der Waals surface area contributed by atoms with E-state index in [1.807, 2.05) is 23.1 Å². The van der Waals surface area contributed by atoms with E-state index in [0.29, 0.717) is 26.1 Å². The number of benzene rings is 1. The molecule has 2 rings (SSSR count). The quantitative estimate of drug-likeness (QED) is 0.825. The lowest BCUT2D eigenvalue weighted by molar-refractivity contribution is -0.138. The minimum Gasteiger partial charge on any atom is -0.481 e. The van der Waals surface area contributed by atoms with Crippen molar-refractivity contribution in [2.75, 3.05) is 32.7 Å². The Hall–Kier alpha value is -1.59. The lowest BCUT2D eigenvalue weighted by atomic mass is 10.1. The maximum atomic E-state index is 12.2. The van der Waals surface area contributed by atoms with Gasteiger partial charge in [-0.1, -0.05) is 30.3 Å². The Balaban J connectivity index is 0.00000264. The summed E-state index contributed by atoms with van der Waals surface area (Å²) < 4.78 is 0. The molecule has 1 fully saturated rings. The average Bonchev–Trinajstić information content (AvgIpc) is 2.54. The van der Waals surface area contributed by atoms with Crippen molar-refractivity contribution < 1.29 is 14.7 Å². The van der Waals surface area contributed by atoms with Gasteiger partial charge in [0.1, 0.15) is 0 Å². The topological polar surface area (TPSA) is 60.9 Å². The molecule has 1 heterocycles. The zero-order valence-corrected chi connectivity index (χ0v) is 14.1. The van der Waals surface area contributed by atoms with Gasteiger partial charge >= 0.3 is 5.97 Å². The third kappa shape index (κ3) is 7.01. The second-order valence-electron chi connectivity index (χ2n) is 5.71. The molecule has 0 bridgehead atoms. The van der Waals surface area contributed by atoms with Crippen LogP contribution in [-0.2, 0) is 16.0 Å². The predicted octanol–water partition coefficient (Wildman–Crippen LogP) is 2.05. The molecule has 1 saturated heterocycles. The zero-order chi connectivity index (χ0) is 15.8. The highest BCUT2D eigenvalue weighted by molar-refractivity contribution is 5.85. The van der Waals surface area contributed by atoms with E-state index < -0.39 is 5.97 Å². The number of aliphatic carboxylic acids is 1. The van der Waals surface area contributed by atoms with Gasteiger partial charge < -0.3 is 10.0 Å². The summed E-state index contributed by atoms with van der Waals surface area (Å²) in [5.74, 6) is -0.548. The first kappa shape index (κ1) is 19.5. The van der Waals surface area contributed by atoms with E-state index >= 15 is 0 Å². The van der Waals surface area contributed by atoms with Gasteiger partial charge in [0.2, 0.25) is 5.91 Å². The molecular weight excluding hydrogens is 316 g/mol. The van der Waals surface area contributed by atoms with Crippen molar-refractivity contribution in [1.29, 1.82) is 0 Å². The van der Waals surface area contributed by atoms with E-state index in [2.05, 4.69) is 17.0 Å². The van der Waals surface area contributed by atoms with Gasteiger partial charge in [0.25, 0.3) is 0 Å². The molecular formula is C17H25ClN2O3. The van der Waals surface area contributed by atoms with Crippen LogP contribution in [0.25, 0.3) is 0 Å². The van der Waals surface area contributed by atoms with Gasteiger partial charge in [0.15, 0.2) is 0 Å². The lowest BCUT2D eigenvalue weighted by Gasteiger charge is -2.34. The Morgan fingerprint density at radius 3 is 2.26 bits per heavy atom. The second kappa shape index (κ2) is 10.2. The third-order valence-electron chi connectivity index (χ3n) is 4.07. The molecule has 1 aliphatic heterocycles. The molecule has 6 heteroatoms. The molecule has 1 amide bonds. The summed E-state index contributed by atoms with van der Waals surface area (Å²) in [6.07, 6.45) is 2.57. The summed E-state index contributed by atoms with van der Waals surface area (Å²) >= 11 is 0. The Morgan fingerprint density at radius 1 is 1.00 bits per heavy atom. The number of carbonyl (C=O) groups excluding carboxylic acids is 1. The standard InChI is InChI=1S/C17H24N2O3.ClH/c20-16(8-4-7-15-5-2-1-3-6-15)19-13-11-18(12-14-19)10-9-17(21)22;/h1-3,5-6H,4,7-14H2,(H,21,22);1H. The fourth-order valence-corrected chi connectivity index (χ4v) is 2.72. The number of rotatable bonds is 7. The molecule has 1 N–H and O–H groups in total. The van der Waals surface area contributed by atoms with Gasteiger partial charge in [-0.15, -0.1) is 12.4 Å². The van der Waals surface area contributed by atoms with E-state index in [4.69, 9.17) is 5.11 Å². The van der Waals surface area contributed by atoms with Crippen molar-refractivity contribution in [1.82, 2.24) is 9.80 Å². The van der Waals surface area contributed by atoms with Gasteiger partial charge in [0, 0.05) is 39.1 Å². The van der Waals surface area contributed by atoms with Crippen LogP contribution >= 0.6 is 12.4 Å². The maximum Gasteiger partial charge on any atom is 0.304 e. The lowest BCUT2D eigenvalue weighted by Crippen LogP contribution is -2.49. The molecule has 0 atom stereocenters. The predicted molar refractivity (Wildman–Crippen MR) is 91.9 cm³/mol. The number of amides is 1. The highest BCUT2D eigenvalue weighted by Crippen LogP contribution is 2.09. The summed E-state index contributed by atoms with van der Waals surface area (Å²) in [6.45, 7) is 3.55. The van der Waals surface area contributed by atoms with E-state index in [-0.39, 0.29) is 24.7 Å². The first-order valence-electron chi connectivity index (χ1n) is 7.91. The molecule has 1 aromatic carbocycles. The minimum absolute atomic E-state index is 0. The Bertz CT molecular complexity index is 488. The Morgan fingerprint density at radius 2 is 1.65 bits per heavy atom. The highest BCUT2D eigenvalue weighted by atomic mass is 35.5. The summed E-state index contributed by atoms with van der Waals surface area (Å²) in [5, 5.41) is 8.68. The van der Waals surface area contributed by atoms with Crippen LogP contribution < -0.4 is 0 Å². The SMILES string of the molecule is Cl.O=C(O)CCN1CCN(C(=O)CCCc2ccccc2)CC1. The molecule has 23 heavy (non-hydrogen) atoms. The molecule has 128 valence electrons. The largest absolute Gasteiger partial charge is 0.481 e. The van der Waals surface area contributed by atoms with Crippen molar-refractivity contribution in [3.8, 4) is 0 Å². The number of hydrogen-bond acceptors (Lipinski definition) is 3. The van der Waals surface area contributed by atoms with E-state index in [0.717, 1.165) is 25.9 Å². The molecule has 1 aliphatic rings. The number of halogens is 1. The number of aryl methyl sites for hydroxylation is 1. The fraction of sp³-hybridized carbons (Fsp3) is 0.529. The molecule has 0 spiro atoms. The van der Waals surface area contributed by atoms with Gasteiger partial charge in [0.05, 0.1) is 6.42 Å². The summed E-state index contributed by atoms with van der Waals surface area (Å²) in [6, 6.07) is 10.2. The van der Waals surface area contributed by atoms with Gasteiger partial charge in [-0.25, -0.2) is 0 Å². The molecule has 0 radical (unpaired) electrons. The number of carbonyl (C=O) groups is 2. The van der Waals surface area contributed by atoms with Crippen LogP contribution in [0.5, 0.6) is 0 Å². The van der Waals surface area contributed by atoms with Crippen molar-refractivity contribution in [3.63, 3.8) is 0 Å². The Kier molecular flexibility index (Phi) is 8.66. The van der Waals surface area contributed by atoms with Crippen molar-refractivity contribution in [2.45, 2.75) is 25.7 Å². The molecule has 1 aromatic rings. The van der Waals surface area contributed by atoms with E-state index in [1.165, 1.54) is 5.56 Å². The molecule has 0 aliphatic carbocycles. The number of carboxylic acids is 1. The maximum absolute atomic E-state index is 12.2. The first-order chi connectivity index (χ1) is 10.6. The van der Waals surface area contributed by atoms with E-state index in [9.17, 15) is 9.59 Å². The van der Waals surface area contributed by atoms with Gasteiger partial charge in [-0.3, -0.25) is 14.5 Å². The van der Waals surface area contributed by atoms with Crippen LogP contribution in [0, 0.1) is 0 Å². The monoisotopic (exact) mass is 340 g/mol. The number of nitrogens with zero attached hydrogens (tertiary/aromatic N) is 2. The number of hydrogen-bond donors (Lipinski definition) is 1. The van der Waals surface area contributed by atoms with Crippen molar-refractivity contribution in [2.24, 2.45) is 0 Å². The highest BCUT2D eigenvalue weighted by Gasteiger charge is 2.20. The van der Waals surface area contributed by atoms with E-state index in [1.54, 1.807) is 0 Å². The van der Waals surface area contributed by atoms with Crippen LogP contribution in [0.1, 0.15) is 24.8 Å². The van der Waals surface area contributed by atoms with Gasteiger partial charge in [-0.2, -0.15) is 0 Å². The minimum atomic E-state index is -0.764. The van der Waals surface area contributed by atoms with Gasteiger partial charge in [-0.05, 0) is 18.4 Å². The molecule has 0 saturated carbocycles. The molecule has 0 unspecified atom stereocenters. The average molecular weight is 341 g/mol. The van der Waals surface area contributed by atoms with Crippen LogP contribution in [-0.4, -0.2) is 59.5 Å².